The van der Waals surface area contributed by atoms with Crippen molar-refractivity contribution in [1.82, 2.24) is 0 Å². The highest BCUT2D eigenvalue weighted by Crippen LogP contribution is 2.19. The number of rotatable bonds is 3. The molecule has 1 aromatic rings. The van der Waals surface area contributed by atoms with E-state index in [0.29, 0.717) is 12.3 Å². The van der Waals surface area contributed by atoms with Crippen LogP contribution in [0.4, 0.5) is 0 Å². The average Bonchev–Trinajstić information content (AvgIpc) is 2.66. The summed E-state index contributed by atoms with van der Waals surface area (Å²) in [6.07, 6.45) is 4.59. The molecule has 1 atom stereocenters. The van der Waals surface area contributed by atoms with E-state index in [0.717, 1.165) is 19.3 Å². The Morgan fingerprint density at radius 3 is 2.80 bits per heavy atom. The molecule has 2 nitrogen and oxygen atoms in total. The van der Waals surface area contributed by atoms with Gasteiger partial charge in [0.05, 0.1) is 12.5 Å². The Bertz CT molecular complexity index is 356. The number of carbonyl (C=O) groups is 1. The summed E-state index contributed by atoms with van der Waals surface area (Å²) in [5, 5.41) is 0. The number of Topliss-reactive ketones (excluding diaryl/α,β-unsaturated/α-hetero) is 1. The van der Waals surface area contributed by atoms with E-state index in [2.05, 4.69) is 4.99 Å². The predicted molar refractivity (Wildman–Crippen MR) is 61.0 cm³/mol. The second kappa shape index (κ2) is 4.87. The highest BCUT2D eigenvalue weighted by molar-refractivity contribution is 5.96. The molecule has 0 N–H and O–H groups in total. The van der Waals surface area contributed by atoms with Crippen molar-refractivity contribution in [1.29, 1.82) is 0 Å². The Kier molecular flexibility index (Phi) is 3.28. The summed E-state index contributed by atoms with van der Waals surface area (Å²) >= 11 is 0. The Morgan fingerprint density at radius 1 is 1.33 bits per heavy atom. The third-order valence-corrected chi connectivity index (χ3v) is 2.75. The first-order valence-corrected chi connectivity index (χ1v) is 5.43. The van der Waals surface area contributed by atoms with Gasteiger partial charge < -0.3 is 0 Å². The Hall–Kier alpha value is -1.44. The maximum Gasteiger partial charge on any atom is 0.141 e. The SMILES string of the molecule is O=C1CCCC1C=NCc1ccccc1. The fourth-order valence-corrected chi connectivity index (χ4v) is 1.87. The van der Waals surface area contributed by atoms with Gasteiger partial charge in [-0.25, -0.2) is 0 Å². The molecule has 78 valence electrons. The first-order chi connectivity index (χ1) is 7.36. The van der Waals surface area contributed by atoms with Crippen molar-refractivity contribution in [2.45, 2.75) is 25.8 Å². The second-order valence-electron chi connectivity index (χ2n) is 3.94. The van der Waals surface area contributed by atoms with Gasteiger partial charge in [-0.2, -0.15) is 0 Å². The molecule has 1 fully saturated rings. The van der Waals surface area contributed by atoms with Gasteiger partial charge >= 0.3 is 0 Å². The third kappa shape index (κ3) is 2.75. The van der Waals surface area contributed by atoms with Crippen LogP contribution in [0.5, 0.6) is 0 Å². The molecular weight excluding hydrogens is 186 g/mol. The maximum atomic E-state index is 11.3. The minimum Gasteiger partial charge on any atom is -0.299 e. The minimum absolute atomic E-state index is 0.0914. The molecule has 0 heterocycles. The van der Waals surface area contributed by atoms with E-state index in [1.165, 1.54) is 5.56 Å². The molecule has 2 rings (SSSR count). The molecule has 0 aromatic heterocycles. The first kappa shape index (κ1) is 10.1. The standard InChI is InChI=1S/C13H15NO/c15-13-8-4-7-12(13)10-14-9-11-5-2-1-3-6-11/h1-3,5-6,10,12H,4,7-9H2. The van der Waals surface area contributed by atoms with Gasteiger partial charge in [-0.05, 0) is 18.4 Å². The minimum atomic E-state index is 0.0914. The third-order valence-electron chi connectivity index (χ3n) is 2.75. The summed E-state index contributed by atoms with van der Waals surface area (Å²) in [6.45, 7) is 0.685. The number of nitrogens with zero attached hydrogens (tertiary/aromatic N) is 1. The van der Waals surface area contributed by atoms with Crippen LogP contribution >= 0.6 is 0 Å². The van der Waals surface area contributed by atoms with Crippen molar-refractivity contribution in [3.63, 3.8) is 0 Å². The van der Waals surface area contributed by atoms with E-state index < -0.39 is 0 Å². The van der Waals surface area contributed by atoms with Crippen LogP contribution in [0.1, 0.15) is 24.8 Å². The molecule has 0 saturated heterocycles. The van der Waals surface area contributed by atoms with E-state index in [1.54, 1.807) is 0 Å². The van der Waals surface area contributed by atoms with Crippen LogP contribution in [-0.2, 0) is 11.3 Å². The Balaban J connectivity index is 1.88. The van der Waals surface area contributed by atoms with E-state index in [1.807, 2.05) is 36.5 Å². The van der Waals surface area contributed by atoms with Crippen molar-refractivity contribution in [3.05, 3.63) is 35.9 Å². The quantitative estimate of drug-likeness (QED) is 0.691. The smallest absolute Gasteiger partial charge is 0.141 e. The molecular formula is C13H15NO. The van der Waals surface area contributed by atoms with Gasteiger partial charge in [0, 0.05) is 12.6 Å². The molecule has 15 heavy (non-hydrogen) atoms. The summed E-state index contributed by atoms with van der Waals surface area (Å²) in [5.41, 5.74) is 1.19. The highest BCUT2D eigenvalue weighted by Gasteiger charge is 2.21. The number of hydrogen-bond acceptors (Lipinski definition) is 2. The topological polar surface area (TPSA) is 29.4 Å². The zero-order chi connectivity index (χ0) is 10.5. The fourth-order valence-electron chi connectivity index (χ4n) is 1.87. The van der Waals surface area contributed by atoms with Gasteiger partial charge in [0.25, 0.3) is 0 Å². The van der Waals surface area contributed by atoms with Crippen molar-refractivity contribution in [3.8, 4) is 0 Å². The lowest BCUT2D eigenvalue weighted by molar-refractivity contribution is -0.118. The predicted octanol–water partition coefficient (Wildman–Crippen LogP) is 2.63. The van der Waals surface area contributed by atoms with Crippen molar-refractivity contribution in [2.24, 2.45) is 10.9 Å². The van der Waals surface area contributed by atoms with Crippen LogP contribution < -0.4 is 0 Å². The van der Waals surface area contributed by atoms with Gasteiger partial charge in [0.1, 0.15) is 5.78 Å². The zero-order valence-corrected chi connectivity index (χ0v) is 8.73. The normalized spacial score (nSPS) is 21.3. The van der Waals surface area contributed by atoms with Crippen molar-refractivity contribution >= 4 is 12.0 Å². The van der Waals surface area contributed by atoms with E-state index in [-0.39, 0.29) is 5.92 Å². The molecule has 1 aliphatic carbocycles. The average molecular weight is 201 g/mol. The molecule has 0 spiro atoms. The van der Waals surface area contributed by atoms with Crippen LogP contribution in [0, 0.1) is 5.92 Å². The van der Waals surface area contributed by atoms with Gasteiger partial charge in [-0.15, -0.1) is 0 Å². The van der Waals surface area contributed by atoms with E-state index >= 15 is 0 Å². The molecule has 0 amide bonds. The lowest BCUT2D eigenvalue weighted by Crippen LogP contribution is -2.07. The molecule has 0 radical (unpaired) electrons. The maximum absolute atomic E-state index is 11.3. The van der Waals surface area contributed by atoms with Crippen LogP contribution in [0.15, 0.2) is 35.3 Å². The fraction of sp³-hybridized carbons (Fsp3) is 0.385. The lowest BCUT2D eigenvalue weighted by atomic mass is 10.1. The number of benzene rings is 1. The number of ketones is 1. The van der Waals surface area contributed by atoms with Gasteiger partial charge in [-0.3, -0.25) is 9.79 Å². The summed E-state index contributed by atoms with van der Waals surface area (Å²) in [7, 11) is 0. The van der Waals surface area contributed by atoms with Crippen LogP contribution in [0.2, 0.25) is 0 Å². The summed E-state index contributed by atoms with van der Waals surface area (Å²) in [5.74, 6) is 0.445. The molecule has 1 aromatic carbocycles. The lowest BCUT2D eigenvalue weighted by Gasteiger charge is -1.99. The molecule has 0 aliphatic heterocycles. The monoisotopic (exact) mass is 201 g/mol. The highest BCUT2D eigenvalue weighted by atomic mass is 16.1. The molecule has 0 bridgehead atoms. The largest absolute Gasteiger partial charge is 0.299 e. The summed E-state index contributed by atoms with van der Waals surface area (Å²) in [6, 6.07) is 10.1. The number of hydrogen-bond donors (Lipinski definition) is 0. The Labute approximate surface area is 90.0 Å². The van der Waals surface area contributed by atoms with Crippen molar-refractivity contribution < 1.29 is 4.79 Å². The van der Waals surface area contributed by atoms with Gasteiger partial charge in [-0.1, -0.05) is 30.3 Å². The van der Waals surface area contributed by atoms with E-state index in [9.17, 15) is 4.79 Å². The molecule has 1 saturated carbocycles. The zero-order valence-electron chi connectivity index (χ0n) is 8.73. The number of aliphatic imine (C=N–C) groups is 1. The number of carbonyl (C=O) groups excluding carboxylic acids is 1. The van der Waals surface area contributed by atoms with Gasteiger partial charge in [0.2, 0.25) is 0 Å². The molecule has 1 unspecified atom stereocenters. The van der Waals surface area contributed by atoms with Gasteiger partial charge in [0.15, 0.2) is 0 Å². The molecule has 2 heteroatoms. The van der Waals surface area contributed by atoms with E-state index in [4.69, 9.17) is 0 Å². The second-order valence-corrected chi connectivity index (χ2v) is 3.94. The molecule has 1 aliphatic rings. The van der Waals surface area contributed by atoms with Crippen LogP contribution in [0.3, 0.4) is 0 Å². The summed E-state index contributed by atoms with van der Waals surface area (Å²) in [4.78, 5) is 15.7. The Morgan fingerprint density at radius 2 is 2.13 bits per heavy atom. The summed E-state index contributed by atoms with van der Waals surface area (Å²) < 4.78 is 0. The van der Waals surface area contributed by atoms with Crippen LogP contribution in [0.25, 0.3) is 0 Å². The van der Waals surface area contributed by atoms with Crippen molar-refractivity contribution in [2.75, 3.05) is 0 Å². The first-order valence-electron chi connectivity index (χ1n) is 5.43. The van der Waals surface area contributed by atoms with Crippen LogP contribution in [-0.4, -0.2) is 12.0 Å².